The van der Waals surface area contributed by atoms with Gasteiger partial charge >= 0.3 is 0 Å². The molecule has 0 spiro atoms. The van der Waals surface area contributed by atoms with E-state index in [0.717, 1.165) is 48.2 Å². The molecule has 138 valence electrons. The predicted molar refractivity (Wildman–Crippen MR) is 101 cm³/mol. The van der Waals surface area contributed by atoms with Gasteiger partial charge < -0.3 is 4.90 Å². The van der Waals surface area contributed by atoms with Crippen molar-refractivity contribution in [1.82, 2.24) is 9.21 Å². The lowest BCUT2D eigenvalue weighted by atomic mass is 10.0. The summed E-state index contributed by atoms with van der Waals surface area (Å²) >= 11 is 1.52. The molecule has 0 radical (unpaired) electrons. The van der Waals surface area contributed by atoms with Crippen LogP contribution >= 0.6 is 11.8 Å². The second-order valence-corrected chi connectivity index (χ2v) is 9.86. The maximum Gasteiger partial charge on any atom is 0.245 e. The molecule has 0 bridgehead atoms. The second-order valence-electron chi connectivity index (χ2n) is 7.03. The highest BCUT2D eigenvalue weighted by Crippen LogP contribution is 2.34. The van der Waals surface area contributed by atoms with E-state index in [1.807, 2.05) is 38.7 Å². The van der Waals surface area contributed by atoms with E-state index in [1.54, 1.807) is 0 Å². The average Bonchev–Trinajstić information content (AvgIpc) is 3.24. The lowest BCUT2D eigenvalue weighted by molar-refractivity contribution is -0.133. The average molecular weight is 383 g/mol. The minimum atomic E-state index is -3.70. The first-order valence-electron chi connectivity index (χ1n) is 8.71. The molecule has 2 saturated heterocycles. The Morgan fingerprint density at radius 2 is 1.64 bits per heavy atom. The van der Waals surface area contributed by atoms with Gasteiger partial charge in [-0.05, 0) is 62.8 Å². The Morgan fingerprint density at radius 1 is 1.08 bits per heavy atom. The molecule has 1 amide bonds. The van der Waals surface area contributed by atoms with Crippen molar-refractivity contribution < 1.29 is 13.2 Å². The quantitative estimate of drug-likeness (QED) is 0.806. The van der Waals surface area contributed by atoms with Gasteiger partial charge in [-0.3, -0.25) is 4.79 Å². The van der Waals surface area contributed by atoms with Crippen LogP contribution in [-0.2, 0) is 14.8 Å². The fraction of sp³-hybridized carbons (Fsp3) is 0.611. The molecule has 2 fully saturated rings. The first-order chi connectivity index (χ1) is 11.7. The van der Waals surface area contributed by atoms with Crippen LogP contribution in [0.2, 0.25) is 0 Å². The smallest absolute Gasteiger partial charge is 0.245 e. The molecule has 1 aromatic rings. The highest BCUT2D eigenvalue weighted by atomic mass is 32.2. The van der Waals surface area contributed by atoms with Crippen LogP contribution in [0.3, 0.4) is 0 Å². The maximum absolute atomic E-state index is 13.5. The van der Waals surface area contributed by atoms with Gasteiger partial charge in [0, 0.05) is 18.8 Å². The number of aryl methyl sites for hydroxylation is 2. The third-order valence-electron chi connectivity index (χ3n) is 5.41. The van der Waals surface area contributed by atoms with Crippen LogP contribution in [0.15, 0.2) is 11.0 Å². The van der Waals surface area contributed by atoms with Gasteiger partial charge in [0.1, 0.15) is 6.04 Å². The third-order valence-corrected chi connectivity index (χ3v) is 8.71. The molecular weight excluding hydrogens is 356 g/mol. The second kappa shape index (κ2) is 6.93. The molecule has 3 rings (SSSR count). The molecule has 1 unspecified atom stereocenters. The summed E-state index contributed by atoms with van der Waals surface area (Å²) in [5.74, 6) is 0.848. The van der Waals surface area contributed by atoms with Gasteiger partial charge in [0.25, 0.3) is 0 Å². The largest absolute Gasteiger partial charge is 0.341 e. The van der Waals surface area contributed by atoms with Crippen molar-refractivity contribution in [3.05, 3.63) is 28.3 Å². The molecule has 7 heteroatoms. The summed E-state index contributed by atoms with van der Waals surface area (Å²) in [6, 6.07) is 1.45. The summed E-state index contributed by atoms with van der Waals surface area (Å²) in [4.78, 5) is 15.0. The summed E-state index contributed by atoms with van der Waals surface area (Å²) in [5.41, 5.74) is 3.51. The Bertz CT molecular complexity index is 773. The van der Waals surface area contributed by atoms with Crippen molar-refractivity contribution in [1.29, 1.82) is 0 Å². The lowest BCUT2D eigenvalue weighted by Gasteiger charge is -2.28. The zero-order chi connectivity index (χ0) is 18.4. The topological polar surface area (TPSA) is 57.7 Å². The fourth-order valence-electron chi connectivity index (χ4n) is 3.69. The van der Waals surface area contributed by atoms with E-state index >= 15 is 0 Å². The Hall–Kier alpha value is -1.05. The van der Waals surface area contributed by atoms with E-state index in [2.05, 4.69) is 0 Å². The highest BCUT2D eigenvalue weighted by molar-refractivity contribution is 8.00. The van der Waals surface area contributed by atoms with Crippen molar-refractivity contribution in [3.8, 4) is 0 Å². The van der Waals surface area contributed by atoms with Gasteiger partial charge in [-0.2, -0.15) is 4.31 Å². The molecule has 0 N–H and O–H groups in total. The molecule has 0 aliphatic carbocycles. The number of carbonyl (C=O) groups excluding carboxylic acids is 1. The Balaban J connectivity index is 2.01. The molecule has 0 aromatic heterocycles. The Morgan fingerprint density at radius 3 is 2.20 bits per heavy atom. The van der Waals surface area contributed by atoms with Crippen molar-refractivity contribution in [2.24, 2.45) is 0 Å². The lowest BCUT2D eigenvalue weighted by Crippen LogP contribution is -2.48. The number of carbonyl (C=O) groups is 1. The maximum atomic E-state index is 13.5. The van der Waals surface area contributed by atoms with E-state index in [0.29, 0.717) is 16.5 Å². The van der Waals surface area contributed by atoms with E-state index < -0.39 is 16.1 Å². The normalized spacial score (nSPS) is 21.9. The van der Waals surface area contributed by atoms with Gasteiger partial charge in [0.15, 0.2) is 0 Å². The van der Waals surface area contributed by atoms with E-state index in [1.165, 1.54) is 16.1 Å². The molecule has 25 heavy (non-hydrogen) atoms. The van der Waals surface area contributed by atoms with Crippen molar-refractivity contribution in [3.63, 3.8) is 0 Å². The molecule has 1 aromatic carbocycles. The Kier molecular flexibility index (Phi) is 5.19. The molecular formula is C18H26N2O3S2. The van der Waals surface area contributed by atoms with Crippen LogP contribution in [-0.4, -0.2) is 54.3 Å². The summed E-state index contributed by atoms with van der Waals surface area (Å²) in [6.07, 6.45) is 2.02. The number of hydrogen-bond donors (Lipinski definition) is 0. The van der Waals surface area contributed by atoms with Crippen LogP contribution in [0.5, 0.6) is 0 Å². The van der Waals surface area contributed by atoms with Crippen LogP contribution in [0, 0.1) is 27.7 Å². The van der Waals surface area contributed by atoms with E-state index in [9.17, 15) is 13.2 Å². The van der Waals surface area contributed by atoms with E-state index in [-0.39, 0.29) is 5.91 Å². The summed E-state index contributed by atoms with van der Waals surface area (Å²) < 4.78 is 28.3. The predicted octanol–water partition coefficient (Wildman–Crippen LogP) is 2.61. The fourth-order valence-corrected chi connectivity index (χ4v) is 7.41. The molecule has 1 atom stereocenters. The van der Waals surface area contributed by atoms with Crippen LogP contribution in [0.1, 0.15) is 35.1 Å². The van der Waals surface area contributed by atoms with Gasteiger partial charge in [0.2, 0.25) is 15.9 Å². The van der Waals surface area contributed by atoms with Crippen LogP contribution < -0.4 is 0 Å². The number of rotatable bonds is 3. The Labute approximate surface area is 154 Å². The number of hydrogen-bond acceptors (Lipinski definition) is 4. The number of sulfonamides is 1. The highest BCUT2D eigenvalue weighted by Gasteiger charge is 2.43. The zero-order valence-corrected chi connectivity index (χ0v) is 17.0. The monoisotopic (exact) mass is 382 g/mol. The van der Waals surface area contributed by atoms with Gasteiger partial charge in [-0.25, -0.2) is 8.42 Å². The first-order valence-corrected chi connectivity index (χ1v) is 11.3. The first kappa shape index (κ1) is 18.7. The molecule has 2 aliphatic rings. The standard InChI is InChI=1S/C18H26N2O3S2/c1-12-9-13(2)15(4)17(14(12)3)25(22,23)20-11-24-10-16(20)18(21)19-7-5-6-8-19/h9,16H,5-8,10-11H2,1-4H3. The van der Waals surface area contributed by atoms with Crippen molar-refractivity contribution in [2.45, 2.75) is 51.5 Å². The minimum absolute atomic E-state index is 0.0363. The molecule has 2 heterocycles. The van der Waals surface area contributed by atoms with E-state index in [4.69, 9.17) is 0 Å². The third kappa shape index (κ3) is 3.22. The number of amides is 1. The molecule has 2 aliphatic heterocycles. The van der Waals surface area contributed by atoms with Crippen molar-refractivity contribution in [2.75, 3.05) is 24.7 Å². The number of likely N-dealkylation sites (tertiary alicyclic amines) is 1. The van der Waals surface area contributed by atoms with Crippen LogP contribution in [0.4, 0.5) is 0 Å². The summed E-state index contributed by atoms with van der Waals surface area (Å²) in [5, 5.41) is 0. The number of nitrogens with zero attached hydrogens (tertiary/aromatic N) is 2. The van der Waals surface area contributed by atoms with Crippen molar-refractivity contribution >= 4 is 27.7 Å². The summed E-state index contributed by atoms with van der Waals surface area (Å²) in [6.45, 7) is 9.08. The molecule has 0 saturated carbocycles. The number of thioether (sulfide) groups is 1. The minimum Gasteiger partial charge on any atom is -0.341 e. The van der Waals surface area contributed by atoms with Gasteiger partial charge in [-0.1, -0.05) is 6.07 Å². The number of benzene rings is 1. The van der Waals surface area contributed by atoms with Gasteiger partial charge in [0.05, 0.1) is 10.8 Å². The zero-order valence-electron chi connectivity index (χ0n) is 15.3. The van der Waals surface area contributed by atoms with Gasteiger partial charge in [-0.15, -0.1) is 11.8 Å². The molecule has 5 nitrogen and oxygen atoms in total. The van der Waals surface area contributed by atoms with Crippen LogP contribution in [0.25, 0.3) is 0 Å². The SMILES string of the molecule is Cc1cc(C)c(C)c(S(=O)(=O)N2CSCC2C(=O)N2CCCC2)c1C. The summed E-state index contributed by atoms with van der Waals surface area (Å²) in [7, 11) is -3.70.